The van der Waals surface area contributed by atoms with Crippen LogP contribution in [0.1, 0.15) is 19.3 Å². The lowest BCUT2D eigenvalue weighted by Gasteiger charge is -2.32. The van der Waals surface area contributed by atoms with Crippen molar-refractivity contribution in [1.29, 1.82) is 0 Å². The van der Waals surface area contributed by atoms with E-state index in [4.69, 9.17) is 5.11 Å². The topological polar surface area (TPSA) is 20.2 Å². The first kappa shape index (κ1) is 16.4. The predicted molar refractivity (Wildman–Crippen MR) is 82.3 cm³/mol. The molecule has 0 aromatic carbocycles. The second-order valence-corrected chi connectivity index (χ2v) is 6.14. The van der Waals surface area contributed by atoms with Crippen LogP contribution in [-0.2, 0) is 0 Å². The van der Waals surface area contributed by atoms with E-state index >= 15 is 0 Å². The second-order valence-electron chi connectivity index (χ2n) is 3.70. The molecule has 0 fully saturated rings. The van der Waals surface area contributed by atoms with Crippen LogP contribution in [0.15, 0.2) is 0 Å². The summed E-state index contributed by atoms with van der Waals surface area (Å²) in [5, 5.41) is 8.79. The number of rotatable bonds is 10. The third-order valence-electron chi connectivity index (χ3n) is 2.57. The van der Waals surface area contributed by atoms with Crippen molar-refractivity contribution in [2.75, 3.05) is 35.4 Å². The first-order valence-corrected chi connectivity index (χ1v) is 8.31. The highest BCUT2D eigenvalue weighted by molar-refractivity contribution is 7.99. The largest absolute Gasteiger partial charge is 0.396 e. The van der Waals surface area contributed by atoms with E-state index in [-0.39, 0.29) is 6.61 Å². The second kappa shape index (κ2) is 10.5. The third kappa shape index (κ3) is 7.31. The molecule has 0 spiro atoms. The number of thiol groups is 3. The van der Waals surface area contributed by atoms with Gasteiger partial charge in [0.25, 0.3) is 0 Å². The molecule has 5 heteroatoms. The van der Waals surface area contributed by atoms with Crippen LogP contribution < -0.4 is 0 Å². The van der Waals surface area contributed by atoms with E-state index in [0.29, 0.717) is 5.41 Å². The summed E-state index contributed by atoms with van der Waals surface area (Å²) in [6.45, 7) is 0.267. The molecule has 0 atom stereocenters. The van der Waals surface area contributed by atoms with E-state index in [1.807, 2.05) is 11.8 Å². The standard InChI is InChI=1S/C10H22OS4/c11-4-8-15-9-10(1-5-12,2-6-13)3-7-14/h11-14H,1-9H2. The minimum atomic E-state index is 0.267. The molecule has 0 aromatic heterocycles. The Labute approximate surface area is 114 Å². The van der Waals surface area contributed by atoms with Crippen molar-refractivity contribution in [2.45, 2.75) is 19.3 Å². The summed E-state index contributed by atoms with van der Waals surface area (Å²) in [7, 11) is 0. The minimum absolute atomic E-state index is 0.267. The summed E-state index contributed by atoms with van der Waals surface area (Å²) in [6.07, 6.45) is 3.36. The lowest BCUT2D eigenvalue weighted by Crippen LogP contribution is -2.26. The zero-order chi connectivity index (χ0) is 11.6. The molecule has 0 aromatic rings. The SMILES string of the molecule is OCCSCC(CCS)(CCS)CCS. The lowest BCUT2D eigenvalue weighted by atomic mass is 9.82. The van der Waals surface area contributed by atoms with E-state index in [1.54, 1.807) is 0 Å². The average molecular weight is 287 g/mol. The van der Waals surface area contributed by atoms with Crippen molar-refractivity contribution in [3.8, 4) is 0 Å². The maximum atomic E-state index is 8.79. The summed E-state index contributed by atoms with van der Waals surface area (Å²) >= 11 is 14.8. The van der Waals surface area contributed by atoms with Crippen LogP contribution in [0, 0.1) is 5.41 Å². The molecule has 0 saturated heterocycles. The van der Waals surface area contributed by atoms with Crippen LogP contribution in [0.2, 0.25) is 0 Å². The molecule has 0 aliphatic rings. The van der Waals surface area contributed by atoms with Crippen LogP contribution in [-0.4, -0.2) is 40.5 Å². The van der Waals surface area contributed by atoms with Crippen LogP contribution in [0.3, 0.4) is 0 Å². The van der Waals surface area contributed by atoms with Crippen molar-refractivity contribution >= 4 is 49.6 Å². The molecule has 15 heavy (non-hydrogen) atoms. The lowest BCUT2D eigenvalue weighted by molar-refractivity contribution is 0.301. The fourth-order valence-corrected chi connectivity index (χ4v) is 4.22. The molecule has 0 amide bonds. The summed E-state index contributed by atoms with van der Waals surface area (Å²) < 4.78 is 0. The molecule has 0 heterocycles. The minimum Gasteiger partial charge on any atom is -0.396 e. The van der Waals surface area contributed by atoms with Crippen molar-refractivity contribution < 1.29 is 5.11 Å². The summed E-state index contributed by atoms with van der Waals surface area (Å²) in [5.41, 5.74) is 0.324. The number of aliphatic hydroxyl groups excluding tert-OH is 1. The van der Waals surface area contributed by atoms with Gasteiger partial charge in [0.1, 0.15) is 0 Å². The first-order chi connectivity index (χ1) is 7.24. The van der Waals surface area contributed by atoms with Crippen molar-refractivity contribution in [2.24, 2.45) is 5.41 Å². The molecule has 92 valence electrons. The normalized spacial score (nSPS) is 12.0. The molecule has 0 unspecified atom stereocenters. The molecule has 0 rings (SSSR count). The highest BCUT2D eigenvalue weighted by Crippen LogP contribution is 2.36. The van der Waals surface area contributed by atoms with E-state index in [0.717, 1.165) is 48.0 Å². The van der Waals surface area contributed by atoms with Gasteiger partial charge in [0.05, 0.1) is 6.61 Å². The Morgan fingerprint density at radius 2 is 1.40 bits per heavy atom. The molecule has 0 radical (unpaired) electrons. The summed E-state index contributed by atoms with van der Waals surface area (Å²) in [6, 6.07) is 0. The van der Waals surface area contributed by atoms with Gasteiger partial charge in [-0.1, -0.05) is 0 Å². The Balaban J connectivity index is 4.18. The van der Waals surface area contributed by atoms with Gasteiger partial charge in [-0.15, -0.1) is 0 Å². The fourth-order valence-electron chi connectivity index (χ4n) is 1.66. The highest BCUT2D eigenvalue weighted by atomic mass is 32.2. The van der Waals surface area contributed by atoms with Crippen LogP contribution in [0.5, 0.6) is 0 Å². The fraction of sp³-hybridized carbons (Fsp3) is 1.00. The van der Waals surface area contributed by atoms with Crippen LogP contribution >= 0.6 is 49.6 Å². The van der Waals surface area contributed by atoms with Crippen molar-refractivity contribution in [3.63, 3.8) is 0 Å². The summed E-state index contributed by atoms with van der Waals surface area (Å²) in [4.78, 5) is 0. The van der Waals surface area contributed by atoms with Gasteiger partial charge in [0.15, 0.2) is 0 Å². The Morgan fingerprint density at radius 3 is 1.73 bits per heavy atom. The zero-order valence-electron chi connectivity index (χ0n) is 9.06. The van der Waals surface area contributed by atoms with Gasteiger partial charge in [0, 0.05) is 5.75 Å². The average Bonchev–Trinajstić information content (AvgIpc) is 2.19. The van der Waals surface area contributed by atoms with Crippen LogP contribution in [0.25, 0.3) is 0 Å². The maximum Gasteiger partial charge on any atom is 0.0521 e. The Kier molecular flexibility index (Phi) is 11.5. The molecule has 1 N–H and O–H groups in total. The maximum absolute atomic E-state index is 8.79. The molecule has 0 saturated carbocycles. The van der Waals surface area contributed by atoms with Crippen molar-refractivity contribution in [3.05, 3.63) is 0 Å². The molecule has 1 nitrogen and oxygen atoms in total. The number of hydrogen-bond donors (Lipinski definition) is 4. The molecule has 0 aliphatic heterocycles. The van der Waals surface area contributed by atoms with Crippen molar-refractivity contribution in [1.82, 2.24) is 0 Å². The first-order valence-electron chi connectivity index (χ1n) is 5.26. The Bertz CT molecular complexity index is 126. The van der Waals surface area contributed by atoms with Gasteiger partial charge >= 0.3 is 0 Å². The van der Waals surface area contributed by atoms with E-state index in [1.165, 1.54) is 0 Å². The zero-order valence-corrected chi connectivity index (χ0v) is 12.6. The number of aliphatic hydroxyl groups is 1. The smallest absolute Gasteiger partial charge is 0.0521 e. The van der Waals surface area contributed by atoms with Gasteiger partial charge < -0.3 is 5.11 Å². The molecular formula is C10H22OS4. The number of hydrogen-bond acceptors (Lipinski definition) is 5. The Morgan fingerprint density at radius 1 is 0.933 bits per heavy atom. The number of thioether (sulfide) groups is 1. The third-order valence-corrected chi connectivity index (χ3v) is 4.53. The quantitative estimate of drug-likeness (QED) is 0.366. The summed E-state index contributed by atoms with van der Waals surface area (Å²) in [5.74, 6) is 4.67. The van der Waals surface area contributed by atoms with E-state index < -0.39 is 0 Å². The highest BCUT2D eigenvalue weighted by Gasteiger charge is 2.27. The van der Waals surface area contributed by atoms with Gasteiger partial charge in [0.2, 0.25) is 0 Å². The monoisotopic (exact) mass is 286 g/mol. The van der Waals surface area contributed by atoms with Gasteiger partial charge in [-0.05, 0) is 47.7 Å². The van der Waals surface area contributed by atoms with Gasteiger partial charge in [-0.25, -0.2) is 0 Å². The molecule has 0 bridgehead atoms. The van der Waals surface area contributed by atoms with Crippen LogP contribution in [0.4, 0.5) is 0 Å². The van der Waals surface area contributed by atoms with E-state index in [9.17, 15) is 0 Å². The van der Waals surface area contributed by atoms with Gasteiger partial charge in [-0.3, -0.25) is 0 Å². The molecular weight excluding hydrogens is 264 g/mol. The van der Waals surface area contributed by atoms with Gasteiger partial charge in [-0.2, -0.15) is 49.6 Å². The Hall–Kier alpha value is 1.36. The van der Waals surface area contributed by atoms with E-state index in [2.05, 4.69) is 37.9 Å². The molecule has 0 aliphatic carbocycles. The predicted octanol–water partition coefficient (Wildman–Crippen LogP) is 2.66.